The van der Waals surface area contributed by atoms with Gasteiger partial charge in [0.1, 0.15) is 23.9 Å². The first-order chi connectivity index (χ1) is 19.4. The molecule has 10 N–H and O–H groups in total. The molecule has 2 aromatic carbocycles. The number of aliphatic carboxylic acids is 1. The minimum absolute atomic E-state index is 0.00474. The number of carbonyl (C=O) groups excluding carboxylic acids is 4. The van der Waals surface area contributed by atoms with Crippen molar-refractivity contribution < 1.29 is 34.2 Å². The number of phenolic OH excluding ortho intramolecular Hbond substituents is 1. The molecule has 4 unspecified atom stereocenters. The lowest BCUT2D eigenvalue weighted by Gasteiger charge is -2.24. The van der Waals surface area contributed by atoms with Crippen molar-refractivity contribution in [2.75, 3.05) is 0 Å². The van der Waals surface area contributed by atoms with Gasteiger partial charge in [-0.15, -0.1) is 0 Å². The number of carboxylic acids is 1. The maximum Gasteiger partial charge on any atom is 0.325 e. The zero-order chi connectivity index (χ0) is 30.1. The minimum Gasteiger partial charge on any atom is -0.508 e. The first-order valence-electron chi connectivity index (χ1n) is 12.9. The van der Waals surface area contributed by atoms with E-state index in [-0.39, 0.29) is 31.4 Å². The molecule has 3 aromatic rings. The fourth-order valence-electron chi connectivity index (χ4n) is 4.19. The number of hydrogen-bond donors (Lipinski definition) is 8. The van der Waals surface area contributed by atoms with Gasteiger partial charge in [0.05, 0.1) is 6.04 Å². The standard InChI is InChI=1S/C28H34N6O7/c1-15(28(40)41)32-27(39)23(13-17-14-31-21-5-3-2-4-19(17)21)34-26(38)22(10-11-24(30)36)33-25(37)20(29)12-16-6-8-18(35)9-7-16/h2-9,14-15,20,22-23,31,35H,10-13,29H2,1H3,(H2,30,36)(H,32,39)(H,33,37)(H,34,38)(H,40,41). The van der Waals surface area contributed by atoms with Gasteiger partial charge in [-0.05, 0) is 49.1 Å². The fraction of sp³-hybridized carbons (Fsp3) is 0.321. The Bertz CT molecular complexity index is 1400. The molecule has 0 spiro atoms. The van der Waals surface area contributed by atoms with Crippen molar-refractivity contribution in [2.24, 2.45) is 11.5 Å². The van der Waals surface area contributed by atoms with E-state index in [0.717, 1.165) is 10.9 Å². The van der Waals surface area contributed by atoms with Gasteiger partial charge in [0.25, 0.3) is 0 Å². The van der Waals surface area contributed by atoms with Crippen molar-refractivity contribution in [1.29, 1.82) is 0 Å². The summed E-state index contributed by atoms with van der Waals surface area (Å²) in [7, 11) is 0. The number of aromatic nitrogens is 1. The van der Waals surface area contributed by atoms with Gasteiger partial charge >= 0.3 is 5.97 Å². The molecule has 0 aliphatic rings. The molecule has 0 radical (unpaired) electrons. The van der Waals surface area contributed by atoms with Crippen LogP contribution in [-0.2, 0) is 36.8 Å². The summed E-state index contributed by atoms with van der Waals surface area (Å²) in [5, 5.41) is 27.0. The Kier molecular flexibility index (Phi) is 10.4. The van der Waals surface area contributed by atoms with Crippen molar-refractivity contribution in [2.45, 2.75) is 56.8 Å². The topological polar surface area (TPSA) is 230 Å². The number of hydrogen-bond acceptors (Lipinski definition) is 7. The highest BCUT2D eigenvalue weighted by molar-refractivity contribution is 5.95. The molecule has 41 heavy (non-hydrogen) atoms. The summed E-state index contributed by atoms with van der Waals surface area (Å²) in [5.74, 6) is -4.11. The van der Waals surface area contributed by atoms with E-state index in [4.69, 9.17) is 11.5 Å². The van der Waals surface area contributed by atoms with Crippen LogP contribution in [0.3, 0.4) is 0 Å². The van der Waals surface area contributed by atoms with Gasteiger partial charge < -0.3 is 42.6 Å². The molecule has 4 atom stereocenters. The Labute approximate surface area is 235 Å². The third kappa shape index (κ3) is 8.80. The van der Waals surface area contributed by atoms with Crippen LogP contribution >= 0.6 is 0 Å². The van der Waals surface area contributed by atoms with E-state index in [1.165, 1.54) is 19.1 Å². The number of primary amides is 1. The Balaban J connectivity index is 1.79. The second-order valence-corrected chi connectivity index (χ2v) is 9.74. The van der Waals surface area contributed by atoms with Gasteiger partial charge in [0.15, 0.2) is 0 Å². The van der Waals surface area contributed by atoms with Crippen LogP contribution in [0.1, 0.15) is 30.9 Å². The van der Waals surface area contributed by atoms with Crippen molar-refractivity contribution in [3.8, 4) is 5.75 Å². The first-order valence-corrected chi connectivity index (χ1v) is 12.9. The summed E-state index contributed by atoms with van der Waals surface area (Å²) in [4.78, 5) is 65.3. The molecular formula is C28H34N6O7. The van der Waals surface area contributed by atoms with Crippen molar-refractivity contribution in [3.63, 3.8) is 0 Å². The number of amides is 4. The average molecular weight is 567 g/mol. The summed E-state index contributed by atoms with van der Waals surface area (Å²) < 4.78 is 0. The van der Waals surface area contributed by atoms with Crippen molar-refractivity contribution in [1.82, 2.24) is 20.9 Å². The van der Waals surface area contributed by atoms with Crippen molar-refractivity contribution in [3.05, 3.63) is 65.9 Å². The number of rotatable bonds is 14. The summed E-state index contributed by atoms with van der Waals surface area (Å²) in [5.41, 5.74) is 13.5. The number of benzene rings is 2. The van der Waals surface area contributed by atoms with E-state index >= 15 is 0 Å². The largest absolute Gasteiger partial charge is 0.508 e. The number of aromatic hydroxyl groups is 1. The summed E-state index contributed by atoms with van der Waals surface area (Å²) >= 11 is 0. The van der Waals surface area contributed by atoms with Crippen LogP contribution < -0.4 is 27.4 Å². The number of para-hydroxylation sites is 1. The number of phenols is 1. The predicted octanol–water partition coefficient (Wildman–Crippen LogP) is -0.190. The average Bonchev–Trinajstić information content (AvgIpc) is 3.34. The van der Waals surface area contributed by atoms with Gasteiger partial charge in [-0.3, -0.25) is 24.0 Å². The molecule has 4 amide bonds. The Hall–Kier alpha value is -4.91. The smallest absolute Gasteiger partial charge is 0.325 e. The first kappa shape index (κ1) is 30.6. The zero-order valence-corrected chi connectivity index (χ0v) is 22.4. The van der Waals surface area contributed by atoms with Crippen molar-refractivity contribution >= 4 is 40.5 Å². The highest BCUT2D eigenvalue weighted by Gasteiger charge is 2.30. The number of aromatic amines is 1. The fourth-order valence-corrected chi connectivity index (χ4v) is 4.19. The molecule has 0 fully saturated rings. The molecule has 0 aliphatic carbocycles. The van der Waals surface area contributed by atoms with Crippen LogP contribution in [0.15, 0.2) is 54.7 Å². The lowest BCUT2D eigenvalue weighted by Crippen LogP contribution is -2.57. The van der Waals surface area contributed by atoms with Crippen LogP contribution in [0, 0.1) is 0 Å². The maximum absolute atomic E-state index is 13.4. The molecule has 0 bridgehead atoms. The lowest BCUT2D eigenvalue weighted by molar-refractivity contribution is -0.141. The number of fused-ring (bicyclic) bond motifs is 1. The van der Waals surface area contributed by atoms with Gasteiger partial charge in [0, 0.05) is 29.9 Å². The van der Waals surface area contributed by atoms with E-state index in [2.05, 4.69) is 20.9 Å². The molecule has 0 saturated heterocycles. The normalized spacial score (nSPS) is 13.9. The summed E-state index contributed by atoms with van der Waals surface area (Å²) in [6.07, 6.45) is 1.40. The van der Waals surface area contributed by atoms with E-state index in [1.807, 2.05) is 24.3 Å². The molecule has 0 aliphatic heterocycles. The number of nitrogens with two attached hydrogens (primary N) is 2. The molecule has 3 rings (SSSR count). The predicted molar refractivity (Wildman–Crippen MR) is 149 cm³/mol. The van der Waals surface area contributed by atoms with Crippen LogP contribution in [0.4, 0.5) is 0 Å². The molecule has 13 heteroatoms. The summed E-state index contributed by atoms with van der Waals surface area (Å²) in [6, 6.07) is 8.66. The third-order valence-corrected chi connectivity index (χ3v) is 6.50. The van der Waals surface area contributed by atoms with Crippen LogP contribution in [0.5, 0.6) is 5.75 Å². The van der Waals surface area contributed by atoms with Gasteiger partial charge in [-0.25, -0.2) is 0 Å². The van der Waals surface area contributed by atoms with Crippen LogP contribution in [0.25, 0.3) is 10.9 Å². The number of nitrogens with one attached hydrogen (secondary N) is 4. The minimum atomic E-state index is -1.27. The maximum atomic E-state index is 13.4. The second kappa shape index (κ2) is 13.9. The number of carboxylic acid groups (broad SMARTS) is 1. The monoisotopic (exact) mass is 566 g/mol. The highest BCUT2D eigenvalue weighted by Crippen LogP contribution is 2.19. The van der Waals surface area contributed by atoms with E-state index in [9.17, 15) is 34.2 Å². The number of H-pyrrole nitrogens is 1. The Morgan fingerprint density at radius 2 is 1.51 bits per heavy atom. The van der Waals surface area contributed by atoms with Gasteiger partial charge in [0.2, 0.25) is 23.6 Å². The van der Waals surface area contributed by atoms with E-state index in [0.29, 0.717) is 11.1 Å². The molecular weight excluding hydrogens is 532 g/mol. The molecule has 1 aromatic heterocycles. The SMILES string of the molecule is CC(NC(=O)C(Cc1c[nH]c2ccccc12)NC(=O)C(CCC(N)=O)NC(=O)C(N)Cc1ccc(O)cc1)C(=O)O. The number of carbonyl (C=O) groups is 5. The quantitative estimate of drug-likeness (QED) is 0.130. The highest BCUT2D eigenvalue weighted by atomic mass is 16.4. The molecule has 0 saturated carbocycles. The van der Waals surface area contributed by atoms with Crippen LogP contribution in [-0.4, -0.2) is 69.0 Å². The summed E-state index contributed by atoms with van der Waals surface area (Å²) in [6.45, 7) is 1.29. The van der Waals surface area contributed by atoms with Gasteiger partial charge in [-0.1, -0.05) is 30.3 Å². The van der Waals surface area contributed by atoms with Gasteiger partial charge in [-0.2, -0.15) is 0 Å². The Morgan fingerprint density at radius 3 is 2.17 bits per heavy atom. The Morgan fingerprint density at radius 1 is 0.878 bits per heavy atom. The molecule has 13 nitrogen and oxygen atoms in total. The molecule has 218 valence electrons. The zero-order valence-electron chi connectivity index (χ0n) is 22.4. The van der Waals surface area contributed by atoms with Crippen LogP contribution in [0.2, 0.25) is 0 Å². The van der Waals surface area contributed by atoms with E-state index < -0.39 is 53.8 Å². The molecule has 1 heterocycles. The lowest BCUT2D eigenvalue weighted by atomic mass is 10.0. The second-order valence-electron chi connectivity index (χ2n) is 9.74. The third-order valence-electron chi connectivity index (χ3n) is 6.50. The van der Waals surface area contributed by atoms with E-state index in [1.54, 1.807) is 18.3 Å².